The lowest BCUT2D eigenvalue weighted by molar-refractivity contribution is -0.127. The van der Waals surface area contributed by atoms with E-state index < -0.39 is 28.0 Å². The van der Waals surface area contributed by atoms with Crippen molar-refractivity contribution in [2.24, 2.45) is 0 Å². The quantitative estimate of drug-likeness (QED) is 0.799. The Morgan fingerprint density at radius 3 is 2.54 bits per heavy atom. The van der Waals surface area contributed by atoms with E-state index in [-0.39, 0.29) is 11.3 Å². The zero-order valence-electron chi connectivity index (χ0n) is 14.3. The molecule has 136 valence electrons. The van der Waals surface area contributed by atoms with E-state index in [0.29, 0.717) is 18.3 Å². The number of amides is 1. The largest absolute Gasteiger partial charge is 0.345 e. The van der Waals surface area contributed by atoms with E-state index in [4.69, 9.17) is 0 Å². The van der Waals surface area contributed by atoms with Crippen molar-refractivity contribution < 1.29 is 18.0 Å². The van der Waals surface area contributed by atoms with Gasteiger partial charge < -0.3 is 10.1 Å². The van der Waals surface area contributed by atoms with Crippen LogP contribution in [0.25, 0.3) is 0 Å². The second-order valence-corrected chi connectivity index (χ2v) is 8.26. The summed E-state index contributed by atoms with van der Waals surface area (Å²) in [6, 6.07) is 14.4. The van der Waals surface area contributed by atoms with Crippen LogP contribution in [0.15, 0.2) is 59.5 Å². The highest BCUT2D eigenvalue weighted by molar-refractivity contribution is 7.89. The van der Waals surface area contributed by atoms with Gasteiger partial charge in [-0.3, -0.25) is 4.79 Å². The van der Waals surface area contributed by atoms with Crippen LogP contribution in [-0.4, -0.2) is 44.0 Å². The molecule has 1 aliphatic heterocycles. The SMILES string of the molecule is CN1[C@H](C(=O)N[C@H](C=O)Cc2ccccc2)Cc2ccccc2S1(=O)=O. The first-order chi connectivity index (χ1) is 12.4. The number of nitrogens with one attached hydrogen (secondary N) is 1. The van der Waals surface area contributed by atoms with E-state index in [9.17, 15) is 18.0 Å². The molecule has 0 bridgehead atoms. The Balaban J connectivity index is 1.78. The molecule has 0 aromatic heterocycles. The third-order valence-electron chi connectivity index (χ3n) is 4.57. The Bertz CT molecular complexity index is 912. The van der Waals surface area contributed by atoms with Crippen LogP contribution in [0.3, 0.4) is 0 Å². The predicted octanol–water partition coefficient (Wildman–Crippen LogP) is 1.16. The molecule has 6 nitrogen and oxygen atoms in total. The summed E-state index contributed by atoms with van der Waals surface area (Å²) >= 11 is 0. The normalized spacial score (nSPS) is 20.0. The molecule has 0 radical (unpaired) electrons. The van der Waals surface area contributed by atoms with Gasteiger partial charge in [0.2, 0.25) is 15.9 Å². The van der Waals surface area contributed by atoms with Gasteiger partial charge >= 0.3 is 0 Å². The molecule has 0 spiro atoms. The molecule has 3 rings (SSSR count). The van der Waals surface area contributed by atoms with E-state index in [1.807, 2.05) is 30.3 Å². The Morgan fingerprint density at radius 2 is 1.85 bits per heavy atom. The van der Waals surface area contributed by atoms with Gasteiger partial charge in [-0.25, -0.2) is 8.42 Å². The molecule has 7 heteroatoms. The fourth-order valence-electron chi connectivity index (χ4n) is 3.12. The smallest absolute Gasteiger partial charge is 0.243 e. The number of nitrogens with zero attached hydrogens (tertiary/aromatic N) is 1. The lowest BCUT2D eigenvalue weighted by Gasteiger charge is -2.32. The van der Waals surface area contributed by atoms with Crippen molar-refractivity contribution in [3.05, 3.63) is 65.7 Å². The number of sulfonamides is 1. The van der Waals surface area contributed by atoms with E-state index in [1.165, 1.54) is 7.05 Å². The summed E-state index contributed by atoms with van der Waals surface area (Å²) in [7, 11) is -2.34. The van der Waals surface area contributed by atoms with Gasteiger partial charge in [0.05, 0.1) is 10.9 Å². The number of carbonyl (C=O) groups excluding carboxylic acids is 2. The van der Waals surface area contributed by atoms with Gasteiger partial charge in [-0.15, -0.1) is 0 Å². The molecule has 26 heavy (non-hydrogen) atoms. The highest BCUT2D eigenvalue weighted by Gasteiger charge is 2.39. The van der Waals surface area contributed by atoms with Crippen LogP contribution < -0.4 is 5.32 Å². The summed E-state index contributed by atoms with van der Waals surface area (Å²) in [6.07, 6.45) is 1.31. The Labute approximate surface area is 152 Å². The van der Waals surface area contributed by atoms with Crippen molar-refractivity contribution in [1.82, 2.24) is 9.62 Å². The van der Waals surface area contributed by atoms with Crippen molar-refractivity contribution >= 4 is 22.2 Å². The monoisotopic (exact) mass is 372 g/mol. The first-order valence-corrected chi connectivity index (χ1v) is 9.73. The molecule has 2 atom stereocenters. The topological polar surface area (TPSA) is 83.6 Å². The molecule has 1 aliphatic rings. The van der Waals surface area contributed by atoms with Crippen molar-refractivity contribution in [2.75, 3.05) is 7.05 Å². The van der Waals surface area contributed by atoms with Gasteiger partial charge in [0.15, 0.2) is 0 Å². The highest BCUT2D eigenvalue weighted by atomic mass is 32.2. The van der Waals surface area contributed by atoms with Crippen molar-refractivity contribution in [3.63, 3.8) is 0 Å². The summed E-state index contributed by atoms with van der Waals surface area (Å²) in [6.45, 7) is 0. The molecule has 1 heterocycles. The number of fused-ring (bicyclic) bond motifs is 1. The number of likely N-dealkylation sites (N-methyl/N-ethyl adjacent to an activating group) is 1. The molecule has 0 aliphatic carbocycles. The third-order valence-corrected chi connectivity index (χ3v) is 6.54. The zero-order chi connectivity index (χ0) is 18.7. The summed E-state index contributed by atoms with van der Waals surface area (Å²) in [5.74, 6) is -0.474. The molecule has 0 fully saturated rings. The summed E-state index contributed by atoms with van der Waals surface area (Å²) in [5, 5.41) is 2.67. The van der Waals surface area contributed by atoms with Crippen LogP contribution >= 0.6 is 0 Å². The average molecular weight is 372 g/mol. The maximum Gasteiger partial charge on any atom is 0.243 e. The molecule has 0 unspecified atom stereocenters. The minimum Gasteiger partial charge on any atom is -0.345 e. The van der Waals surface area contributed by atoms with Crippen molar-refractivity contribution in [3.8, 4) is 0 Å². The van der Waals surface area contributed by atoms with Crippen LogP contribution in [0, 0.1) is 0 Å². The number of carbonyl (C=O) groups is 2. The highest BCUT2D eigenvalue weighted by Crippen LogP contribution is 2.28. The third kappa shape index (κ3) is 3.54. The molecule has 0 saturated heterocycles. The number of hydrogen-bond acceptors (Lipinski definition) is 4. The van der Waals surface area contributed by atoms with Crippen molar-refractivity contribution in [2.45, 2.75) is 29.8 Å². The van der Waals surface area contributed by atoms with Gasteiger partial charge in [0.1, 0.15) is 12.3 Å². The number of rotatable bonds is 5. The minimum atomic E-state index is -3.73. The van der Waals surface area contributed by atoms with Crippen LogP contribution in [0.1, 0.15) is 11.1 Å². The summed E-state index contributed by atoms with van der Waals surface area (Å²) in [4.78, 5) is 24.3. The molecule has 0 saturated carbocycles. The first kappa shape index (κ1) is 18.3. The van der Waals surface area contributed by atoms with Gasteiger partial charge in [-0.05, 0) is 30.0 Å². The van der Waals surface area contributed by atoms with Gasteiger partial charge in [-0.2, -0.15) is 4.31 Å². The Hall–Kier alpha value is -2.51. The van der Waals surface area contributed by atoms with E-state index in [2.05, 4.69) is 5.32 Å². The van der Waals surface area contributed by atoms with Crippen LogP contribution in [0.5, 0.6) is 0 Å². The fourth-order valence-corrected chi connectivity index (χ4v) is 4.67. The van der Waals surface area contributed by atoms with Crippen molar-refractivity contribution in [1.29, 1.82) is 0 Å². The lowest BCUT2D eigenvalue weighted by Crippen LogP contribution is -2.54. The maximum atomic E-state index is 12.7. The fraction of sp³-hybridized carbons (Fsp3) is 0.263. The number of aldehydes is 1. The lowest BCUT2D eigenvalue weighted by atomic mass is 10.0. The zero-order valence-corrected chi connectivity index (χ0v) is 15.1. The molecular formula is C19H20N2O4S. The van der Waals surface area contributed by atoms with E-state index in [0.717, 1.165) is 9.87 Å². The Morgan fingerprint density at radius 1 is 1.19 bits per heavy atom. The predicted molar refractivity (Wildman–Crippen MR) is 97.0 cm³/mol. The summed E-state index contributed by atoms with van der Waals surface area (Å²) in [5.41, 5.74) is 1.52. The Kier molecular flexibility index (Phi) is 5.20. The molecular weight excluding hydrogens is 352 g/mol. The van der Waals surface area contributed by atoms with E-state index >= 15 is 0 Å². The standard InChI is InChI=1S/C19H20N2O4S/c1-21-17(12-15-9-5-6-10-18(15)26(21,24)25)19(23)20-16(13-22)11-14-7-3-2-4-8-14/h2-10,13,16-17H,11-12H2,1H3,(H,20,23)/t16-,17-/m0/s1. The number of benzene rings is 2. The maximum absolute atomic E-state index is 12.7. The molecule has 1 N–H and O–H groups in total. The van der Waals surface area contributed by atoms with Gasteiger partial charge in [-0.1, -0.05) is 48.5 Å². The summed E-state index contributed by atoms with van der Waals surface area (Å²) < 4.78 is 26.4. The molecule has 1 amide bonds. The van der Waals surface area contributed by atoms with Gasteiger partial charge in [0.25, 0.3) is 0 Å². The average Bonchev–Trinajstić information content (AvgIpc) is 2.65. The van der Waals surface area contributed by atoms with Crippen LogP contribution in [0.2, 0.25) is 0 Å². The second-order valence-electron chi connectivity index (χ2n) is 6.29. The molecule has 2 aromatic rings. The first-order valence-electron chi connectivity index (χ1n) is 8.29. The minimum absolute atomic E-state index is 0.225. The van der Waals surface area contributed by atoms with Crippen LogP contribution in [-0.2, 0) is 32.5 Å². The van der Waals surface area contributed by atoms with Crippen LogP contribution in [0.4, 0.5) is 0 Å². The molecule has 2 aromatic carbocycles. The van der Waals surface area contributed by atoms with E-state index in [1.54, 1.807) is 24.3 Å². The number of hydrogen-bond donors (Lipinski definition) is 1. The second kappa shape index (κ2) is 7.39. The van der Waals surface area contributed by atoms with Gasteiger partial charge in [0, 0.05) is 7.05 Å².